The largest absolute Gasteiger partial charge is 0.495 e. The lowest BCUT2D eigenvalue weighted by atomic mass is 10.1. The van der Waals surface area contributed by atoms with Crippen LogP contribution in [0, 0.1) is 0 Å². The summed E-state index contributed by atoms with van der Waals surface area (Å²) in [6.45, 7) is 0. The average Bonchev–Trinajstić information content (AvgIpc) is 2.94. The molecule has 2 aromatic rings. The Morgan fingerprint density at radius 2 is 1.62 bits per heavy atom. The zero-order chi connectivity index (χ0) is 17.1. The molecule has 6 heteroatoms. The zero-order valence-corrected chi connectivity index (χ0v) is 13.1. The van der Waals surface area contributed by atoms with Gasteiger partial charge in [0.25, 0.3) is 5.91 Å². The predicted molar refractivity (Wildman–Crippen MR) is 89.1 cm³/mol. The average molecular weight is 324 g/mol. The van der Waals surface area contributed by atoms with Crippen LogP contribution in [0.1, 0.15) is 23.2 Å². The molecule has 0 saturated carbocycles. The molecule has 3 amide bonds. The number of hydrogen-bond acceptors (Lipinski definition) is 4. The minimum absolute atomic E-state index is 0.216. The Balaban J connectivity index is 1.77. The van der Waals surface area contributed by atoms with Gasteiger partial charge in [0.05, 0.1) is 18.5 Å². The lowest BCUT2D eigenvalue weighted by Gasteiger charge is -2.14. The molecule has 1 fully saturated rings. The zero-order valence-electron chi connectivity index (χ0n) is 13.1. The van der Waals surface area contributed by atoms with E-state index in [4.69, 9.17) is 4.74 Å². The van der Waals surface area contributed by atoms with Crippen molar-refractivity contribution in [1.29, 1.82) is 0 Å². The Morgan fingerprint density at radius 3 is 2.25 bits per heavy atom. The fraction of sp³-hybridized carbons (Fsp3) is 0.167. The molecule has 24 heavy (non-hydrogen) atoms. The van der Waals surface area contributed by atoms with Gasteiger partial charge >= 0.3 is 0 Å². The summed E-state index contributed by atoms with van der Waals surface area (Å²) >= 11 is 0. The van der Waals surface area contributed by atoms with E-state index < -0.39 is 0 Å². The highest BCUT2D eigenvalue weighted by Crippen LogP contribution is 2.25. The van der Waals surface area contributed by atoms with E-state index in [1.807, 2.05) is 6.07 Å². The maximum atomic E-state index is 12.3. The number of ether oxygens (including phenoxy) is 1. The predicted octanol–water partition coefficient (Wildman–Crippen LogP) is 2.60. The number of carbonyl (C=O) groups excluding carboxylic acids is 3. The third kappa shape index (κ3) is 2.99. The molecule has 1 aliphatic rings. The van der Waals surface area contributed by atoms with Crippen LogP contribution in [0.25, 0.3) is 0 Å². The van der Waals surface area contributed by atoms with E-state index in [2.05, 4.69) is 5.32 Å². The number of benzene rings is 2. The Labute approximate surface area is 139 Å². The molecular formula is C18H16N2O4. The van der Waals surface area contributed by atoms with E-state index in [-0.39, 0.29) is 30.6 Å². The Kier molecular flexibility index (Phi) is 4.29. The fourth-order valence-corrected chi connectivity index (χ4v) is 2.57. The summed E-state index contributed by atoms with van der Waals surface area (Å²) in [4.78, 5) is 36.9. The summed E-state index contributed by atoms with van der Waals surface area (Å²) in [6, 6.07) is 13.5. The SMILES string of the molecule is COc1ccccc1NC(=O)c1ccc(N2C(=O)CCC2=O)cc1. The van der Waals surface area contributed by atoms with Crippen LogP contribution in [-0.2, 0) is 9.59 Å². The van der Waals surface area contributed by atoms with Crippen molar-refractivity contribution in [2.75, 3.05) is 17.3 Å². The van der Waals surface area contributed by atoms with Gasteiger partial charge in [-0.2, -0.15) is 0 Å². The standard InChI is InChI=1S/C18H16N2O4/c1-24-15-5-3-2-4-14(15)19-18(23)12-6-8-13(9-7-12)20-16(21)10-11-17(20)22/h2-9H,10-11H2,1H3,(H,19,23). The molecule has 0 spiro atoms. The van der Waals surface area contributed by atoms with Gasteiger partial charge in [0.2, 0.25) is 11.8 Å². The number of hydrogen-bond donors (Lipinski definition) is 1. The van der Waals surface area contributed by atoms with Crippen LogP contribution in [0.4, 0.5) is 11.4 Å². The van der Waals surface area contributed by atoms with Gasteiger partial charge in [0.15, 0.2) is 0 Å². The summed E-state index contributed by atoms with van der Waals surface area (Å²) in [6.07, 6.45) is 0.462. The van der Waals surface area contributed by atoms with Crippen molar-refractivity contribution in [2.45, 2.75) is 12.8 Å². The van der Waals surface area contributed by atoms with Crippen molar-refractivity contribution in [3.05, 3.63) is 54.1 Å². The molecule has 0 unspecified atom stereocenters. The summed E-state index contributed by atoms with van der Waals surface area (Å²) in [7, 11) is 1.53. The van der Waals surface area contributed by atoms with Gasteiger partial charge in [-0.05, 0) is 36.4 Å². The van der Waals surface area contributed by atoms with Crippen LogP contribution in [0.15, 0.2) is 48.5 Å². The molecule has 0 aliphatic carbocycles. The fourth-order valence-electron chi connectivity index (χ4n) is 2.57. The third-order valence-corrected chi connectivity index (χ3v) is 3.79. The summed E-state index contributed by atoms with van der Waals surface area (Å²) < 4.78 is 5.20. The molecule has 0 aromatic heterocycles. The van der Waals surface area contributed by atoms with Gasteiger partial charge in [0.1, 0.15) is 5.75 Å². The van der Waals surface area contributed by atoms with Gasteiger partial charge in [-0.15, -0.1) is 0 Å². The van der Waals surface area contributed by atoms with Crippen molar-refractivity contribution in [2.24, 2.45) is 0 Å². The molecule has 1 heterocycles. The molecule has 1 N–H and O–H groups in total. The van der Waals surface area contributed by atoms with Crippen molar-refractivity contribution >= 4 is 29.1 Å². The molecule has 1 saturated heterocycles. The quantitative estimate of drug-likeness (QED) is 0.877. The van der Waals surface area contributed by atoms with Crippen LogP contribution in [-0.4, -0.2) is 24.8 Å². The molecule has 6 nitrogen and oxygen atoms in total. The van der Waals surface area contributed by atoms with Gasteiger partial charge in [-0.1, -0.05) is 12.1 Å². The molecule has 0 radical (unpaired) electrons. The van der Waals surface area contributed by atoms with Crippen molar-refractivity contribution < 1.29 is 19.1 Å². The summed E-state index contributed by atoms with van der Waals surface area (Å²) in [5.41, 5.74) is 1.47. The van der Waals surface area contributed by atoms with E-state index in [1.54, 1.807) is 42.5 Å². The highest BCUT2D eigenvalue weighted by atomic mass is 16.5. The molecular weight excluding hydrogens is 308 g/mol. The second kappa shape index (κ2) is 6.54. The highest BCUT2D eigenvalue weighted by molar-refractivity contribution is 6.20. The highest BCUT2D eigenvalue weighted by Gasteiger charge is 2.30. The normalized spacial score (nSPS) is 14.0. The lowest BCUT2D eigenvalue weighted by Crippen LogP contribution is -2.28. The van der Waals surface area contributed by atoms with Crippen LogP contribution >= 0.6 is 0 Å². The number of nitrogens with zero attached hydrogens (tertiary/aromatic N) is 1. The van der Waals surface area contributed by atoms with E-state index in [0.717, 1.165) is 4.90 Å². The monoisotopic (exact) mass is 324 g/mol. The van der Waals surface area contributed by atoms with Crippen LogP contribution in [0.5, 0.6) is 5.75 Å². The number of anilines is 2. The second-order valence-corrected chi connectivity index (χ2v) is 5.32. The first-order valence-corrected chi connectivity index (χ1v) is 7.50. The second-order valence-electron chi connectivity index (χ2n) is 5.32. The smallest absolute Gasteiger partial charge is 0.255 e. The van der Waals surface area contributed by atoms with Crippen molar-refractivity contribution in [1.82, 2.24) is 0 Å². The number of carbonyl (C=O) groups is 3. The van der Waals surface area contributed by atoms with Crippen molar-refractivity contribution in [3.63, 3.8) is 0 Å². The number of methoxy groups -OCH3 is 1. The van der Waals surface area contributed by atoms with E-state index in [9.17, 15) is 14.4 Å². The molecule has 122 valence electrons. The maximum absolute atomic E-state index is 12.3. The van der Waals surface area contributed by atoms with Gasteiger partial charge in [0, 0.05) is 18.4 Å². The van der Waals surface area contributed by atoms with Crippen LogP contribution in [0.3, 0.4) is 0 Å². The maximum Gasteiger partial charge on any atom is 0.255 e. The van der Waals surface area contributed by atoms with E-state index >= 15 is 0 Å². The Bertz CT molecular complexity index is 783. The van der Waals surface area contributed by atoms with Crippen molar-refractivity contribution in [3.8, 4) is 5.75 Å². The minimum atomic E-state index is -0.301. The minimum Gasteiger partial charge on any atom is -0.495 e. The van der Waals surface area contributed by atoms with E-state index in [1.165, 1.54) is 7.11 Å². The molecule has 2 aromatic carbocycles. The summed E-state index contributed by atoms with van der Waals surface area (Å²) in [5.74, 6) is -0.168. The molecule has 0 bridgehead atoms. The first-order valence-electron chi connectivity index (χ1n) is 7.50. The van der Waals surface area contributed by atoms with E-state index in [0.29, 0.717) is 22.7 Å². The van der Waals surface area contributed by atoms with Gasteiger partial charge < -0.3 is 10.1 Å². The van der Waals surface area contributed by atoms with Crippen LogP contribution < -0.4 is 15.0 Å². The first-order chi connectivity index (χ1) is 11.6. The number of para-hydroxylation sites is 2. The number of amides is 3. The number of imide groups is 1. The number of nitrogens with one attached hydrogen (secondary N) is 1. The molecule has 3 rings (SSSR count). The van der Waals surface area contributed by atoms with Gasteiger partial charge in [-0.25, -0.2) is 0 Å². The van der Waals surface area contributed by atoms with Gasteiger partial charge in [-0.3, -0.25) is 19.3 Å². The number of rotatable bonds is 4. The summed E-state index contributed by atoms with van der Waals surface area (Å²) in [5, 5.41) is 2.77. The third-order valence-electron chi connectivity index (χ3n) is 3.79. The molecule has 1 aliphatic heterocycles. The molecule has 0 atom stereocenters. The Hall–Kier alpha value is -3.15. The Morgan fingerprint density at radius 1 is 1.00 bits per heavy atom. The van der Waals surface area contributed by atoms with Crippen LogP contribution in [0.2, 0.25) is 0 Å². The topological polar surface area (TPSA) is 75.7 Å². The first kappa shape index (κ1) is 15.7. The lowest BCUT2D eigenvalue weighted by molar-refractivity contribution is -0.121.